The van der Waals surface area contributed by atoms with Gasteiger partial charge in [0.1, 0.15) is 11.2 Å². The normalized spacial score (nSPS) is 33.7. The number of para-hydroxylation sites is 1. The van der Waals surface area contributed by atoms with Crippen molar-refractivity contribution in [3.05, 3.63) is 150 Å². The van der Waals surface area contributed by atoms with Crippen LogP contribution in [0.2, 0.25) is 0 Å². The number of rotatable bonds is 3. The zero-order valence-corrected chi connectivity index (χ0v) is 33.2. The van der Waals surface area contributed by atoms with E-state index in [1.807, 2.05) is 0 Å². The summed E-state index contributed by atoms with van der Waals surface area (Å²) in [6.45, 7) is 0. The SMILES string of the molecule is c1ccc2c(c1)-c1ccc(N(c3ccc4c(c3)C3(c5ccccc5-4)C4CC5CC(C4)CC3C5)c3ccc4c(c3)oc3ccccc34)cc1C21C2CC3CC(C2)CC1C3. The molecule has 6 aromatic carbocycles. The van der Waals surface area contributed by atoms with Crippen molar-refractivity contribution in [2.24, 2.45) is 47.3 Å². The highest BCUT2D eigenvalue weighted by molar-refractivity contribution is 6.06. The molecule has 0 aliphatic heterocycles. The number of benzene rings is 6. The van der Waals surface area contributed by atoms with Gasteiger partial charge in [-0.15, -0.1) is 0 Å². The third-order valence-corrected chi connectivity index (χ3v) is 18.2. The Morgan fingerprint density at radius 2 is 0.776 bits per heavy atom. The maximum absolute atomic E-state index is 6.63. The van der Waals surface area contributed by atoms with Crippen molar-refractivity contribution in [1.82, 2.24) is 0 Å². The maximum atomic E-state index is 6.63. The fourth-order valence-electron chi connectivity index (χ4n) is 16.9. The van der Waals surface area contributed by atoms with Crippen LogP contribution >= 0.6 is 0 Å². The Morgan fingerprint density at radius 1 is 0.362 bits per heavy atom. The predicted molar refractivity (Wildman–Crippen MR) is 235 cm³/mol. The quantitative estimate of drug-likeness (QED) is 0.179. The molecule has 0 N–H and O–H groups in total. The topological polar surface area (TPSA) is 16.4 Å². The van der Waals surface area contributed by atoms with E-state index in [9.17, 15) is 0 Å². The van der Waals surface area contributed by atoms with Crippen LogP contribution in [-0.4, -0.2) is 0 Å². The molecule has 0 unspecified atom stereocenters. The van der Waals surface area contributed by atoms with Gasteiger partial charge in [-0.25, -0.2) is 0 Å². The first-order valence-corrected chi connectivity index (χ1v) is 22.8. The molecule has 8 saturated carbocycles. The summed E-state index contributed by atoms with van der Waals surface area (Å²) in [4.78, 5) is 2.62. The summed E-state index contributed by atoms with van der Waals surface area (Å²) in [5.41, 5.74) is 18.3. The number of furan rings is 1. The summed E-state index contributed by atoms with van der Waals surface area (Å²) < 4.78 is 6.63. The van der Waals surface area contributed by atoms with Crippen molar-refractivity contribution in [2.75, 3.05) is 4.90 Å². The Labute approximate surface area is 341 Å². The molecule has 0 atom stereocenters. The van der Waals surface area contributed by atoms with Gasteiger partial charge in [-0.2, -0.15) is 0 Å². The van der Waals surface area contributed by atoms with Crippen LogP contribution < -0.4 is 4.90 Å². The zero-order chi connectivity index (χ0) is 37.5. The van der Waals surface area contributed by atoms with E-state index in [2.05, 4.69) is 132 Å². The van der Waals surface area contributed by atoms with E-state index in [4.69, 9.17) is 4.42 Å². The van der Waals surface area contributed by atoms with E-state index in [0.717, 1.165) is 58.5 Å². The summed E-state index contributed by atoms with van der Waals surface area (Å²) in [5.74, 6) is 6.63. The van der Waals surface area contributed by atoms with E-state index < -0.39 is 0 Å². The second-order valence-electron chi connectivity index (χ2n) is 20.5. The predicted octanol–water partition coefficient (Wildman–Crippen LogP) is 14.5. The molecule has 284 valence electrons. The van der Waals surface area contributed by atoms with Gasteiger partial charge < -0.3 is 9.32 Å². The van der Waals surface area contributed by atoms with Crippen LogP contribution in [0.1, 0.15) is 86.5 Å². The highest BCUT2D eigenvalue weighted by Gasteiger charge is 2.63. The number of hydrogen-bond acceptors (Lipinski definition) is 2. The fraction of sp³-hybridized carbons (Fsp3) is 0.357. The smallest absolute Gasteiger partial charge is 0.137 e. The fourth-order valence-corrected chi connectivity index (χ4v) is 16.9. The summed E-state index contributed by atoms with van der Waals surface area (Å²) in [7, 11) is 0. The van der Waals surface area contributed by atoms with Gasteiger partial charge in [0.15, 0.2) is 0 Å². The van der Waals surface area contributed by atoms with Crippen molar-refractivity contribution < 1.29 is 4.42 Å². The van der Waals surface area contributed by atoms with Gasteiger partial charge in [-0.1, -0.05) is 78.9 Å². The minimum Gasteiger partial charge on any atom is -0.456 e. The molecular formula is C56H49NO. The minimum absolute atomic E-state index is 0.119. The van der Waals surface area contributed by atoms with E-state index in [0.29, 0.717) is 0 Å². The summed E-state index contributed by atoms with van der Waals surface area (Å²) in [5, 5.41) is 2.38. The van der Waals surface area contributed by atoms with Crippen molar-refractivity contribution >= 4 is 39.0 Å². The summed E-state index contributed by atoms with van der Waals surface area (Å²) >= 11 is 0. The van der Waals surface area contributed by atoms with E-state index >= 15 is 0 Å². The third kappa shape index (κ3) is 3.79. The lowest BCUT2D eigenvalue weighted by Gasteiger charge is -2.61. The summed E-state index contributed by atoms with van der Waals surface area (Å²) in [6.07, 6.45) is 14.1. The van der Waals surface area contributed by atoms with Gasteiger partial charge in [0.05, 0.1) is 0 Å². The average Bonchev–Trinajstić information content (AvgIpc) is 3.86. The molecule has 0 saturated heterocycles. The Morgan fingerprint density at radius 3 is 1.31 bits per heavy atom. The first-order valence-electron chi connectivity index (χ1n) is 22.8. The van der Waals surface area contributed by atoms with E-state index in [1.165, 1.54) is 114 Å². The molecular weight excluding hydrogens is 703 g/mol. The molecule has 0 radical (unpaired) electrons. The molecule has 2 spiro atoms. The van der Waals surface area contributed by atoms with Gasteiger partial charge in [-0.3, -0.25) is 0 Å². The first kappa shape index (κ1) is 31.9. The number of nitrogens with zero attached hydrogens (tertiary/aromatic N) is 1. The highest BCUT2D eigenvalue weighted by atomic mass is 16.3. The van der Waals surface area contributed by atoms with Crippen molar-refractivity contribution in [1.29, 1.82) is 0 Å². The second-order valence-corrected chi connectivity index (χ2v) is 20.5. The molecule has 10 aliphatic rings. The highest BCUT2D eigenvalue weighted by Crippen LogP contribution is 2.71. The zero-order valence-electron chi connectivity index (χ0n) is 33.2. The van der Waals surface area contributed by atoms with Crippen LogP contribution in [0.5, 0.6) is 0 Å². The molecule has 58 heavy (non-hydrogen) atoms. The lowest BCUT2D eigenvalue weighted by molar-refractivity contribution is -0.0399. The number of hydrogen-bond donors (Lipinski definition) is 0. The van der Waals surface area contributed by atoms with Crippen LogP contribution in [0.15, 0.2) is 132 Å². The van der Waals surface area contributed by atoms with Crippen LogP contribution in [0, 0.1) is 47.3 Å². The molecule has 2 heteroatoms. The monoisotopic (exact) mass is 751 g/mol. The Balaban J connectivity index is 0.964. The van der Waals surface area contributed by atoms with Gasteiger partial charge in [0.2, 0.25) is 0 Å². The Hall–Kier alpha value is -5.08. The second kappa shape index (κ2) is 10.9. The summed E-state index contributed by atoms with van der Waals surface area (Å²) in [6, 6.07) is 50.0. The lowest BCUT2D eigenvalue weighted by atomic mass is 9.43. The Kier molecular flexibility index (Phi) is 6.01. The number of anilines is 3. The van der Waals surface area contributed by atoms with Gasteiger partial charge in [0.25, 0.3) is 0 Å². The molecule has 17 rings (SSSR count). The van der Waals surface area contributed by atoms with Crippen LogP contribution in [0.3, 0.4) is 0 Å². The van der Waals surface area contributed by atoms with Crippen molar-refractivity contribution in [3.8, 4) is 22.3 Å². The molecule has 8 fully saturated rings. The van der Waals surface area contributed by atoms with Crippen molar-refractivity contribution in [3.63, 3.8) is 0 Å². The third-order valence-electron chi connectivity index (χ3n) is 18.2. The van der Waals surface area contributed by atoms with E-state index in [-0.39, 0.29) is 10.8 Å². The lowest BCUT2D eigenvalue weighted by Crippen LogP contribution is -2.55. The van der Waals surface area contributed by atoms with Gasteiger partial charge in [-0.05, 0) is 199 Å². The van der Waals surface area contributed by atoms with Crippen LogP contribution in [-0.2, 0) is 10.8 Å². The van der Waals surface area contributed by atoms with Gasteiger partial charge >= 0.3 is 0 Å². The molecule has 8 bridgehead atoms. The molecule has 10 aliphatic carbocycles. The first-order chi connectivity index (χ1) is 28.6. The largest absolute Gasteiger partial charge is 0.456 e. The molecule has 1 aromatic heterocycles. The van der Waals surface area contributed by atoms with Gasteiger partial charge in [0, 0.05) is 44.7 Å². The van der Waals surface area contributed by atoms with Crippen molar-refractivity contribution in [2.45, 2.75) is 75.0 Å². The standard InChI is InChI=1S/C56H49NO/c1-4-10-49-43(7-1)45-16-13-40(29-51(45)55(49)36-21-32-19-33(23-36)24-37(55)22-32)57(42-15-18-48-47-9-3-6-12-53(47)58-54(48)31-42)41-14-17-46-44-8-2-5-11-50(44)56(52(46)30-41)38-25-34-20-35(27-38)28-39(56)26-34/h1-18,29-39H,19-28H2. The minimum atomic E-state index is 0.119. The van der Waals surface area contributed by atoms with E-state index in [1.54, 1.807) is 22.3 Å². The molecule has 0 amide bonds. The molecule has 2 nitrogen and oxygen atoms in total. The van der Waals surface area contributed by atoms with Crippen LogP contribution in [0.25, 0.3) is 44.2 Å². The molecule has 1 heterocycles. The van der Waals surface area contributed by atoms with Crippen LogP contribution in [0.4, 0.5) is 17.1 Å². The molecule has 7 aromatic rings. The Bertz CT molecular complexity index is 2710. The number of fused-ring (bicyclic) bond motifs is 9. The maximum Gasteiger partial charge on any atom is 0.137 e. The average molecular weight is 752 g/mol.